The number of likely N-dealkylation sites (tertiary alicyclic amines) is 1. The third kappa shape index (κ3) is 2.67. The molecule has 0 aliphatic carbocycles. The number of hydrogen-bond acceptors (Lipinski definition) is 4. The molecule has 21 heavy (non-hydrogen) atoms. The van der Waals surface area contributed by atoms with Gasteiger partial charge in [-0.3, -0.25) is 18.9 Å². The Labute approximate surface area is 121 Å². The molecule has 3 rings (SSSR count). The van der Waals surface area contributed by atoms with Crippen LogP contribution in [-0.4, -0.2) is 38.4 Å². The maximum absolute atomic E-state index is 12.0. The molecule has 0 spiro atoms. The average molecular weight is 287 g/mol. The van der Waals surface area contributed by atoms with E-state index in [1.807, 2.05) is 17.9 Å². The van der Waals surface area contributed by atoms with Gasteiger partial charge in [0.25, 0.3) is 5.56 Å². The summed E-state index contributed by atoms with van der Waals surface area (Å²) in [5, 5.41) is 9.16. The second kappa shape index (κ2) is 5.29. The molecule has 2 atom stereocenters. The molecule has 2 aromatic heterocycles. The monoisotopic (exact) mass is 287 g/mol. The molecule has 1 saturated heterocycles. The van der Waals surface area contributed by atoms with Crippen molar-refractivity contribution in [3.05, 3.63) is 46.5 Å². The lowest BCUT2D eigenvalue weighted by molar-refractivity contribution is -0.142. The van der Waals surface area contributed by atoms with Crippen LogP contribution in [0.25, 0.3) is 5.65 Å². The lowest BCUT2D eigenvalue weighted by Crippen LogP contribution is -2.25. The first-order valence-electron chi connectivity index (χ1n) is 6.97. The number of rotatable bonds is 3. The van der Waals surface area contributed by atoms with Crippen LogP contribution in [0.3, 0.4) is 0 Å². The van der Waals surface area contributed by atoms with Crippen LogP contribution in [0.1, 0.15) is 12.6 Å². The zero-order valence-corrected chi connectivity index (χ0v) is 11.8. The highest BCUT2D eigenvalue weighted by molar-refractivity contribution is 5.71. The smallest absolute Gasteiger partial charge is 0.308 e. The summed E-state index contributed by atoms with van der Waals surface area (Å²) >= 11 is 0. The van der Waals surface area contributed by atoms with Gasteiger partial charge in [-0.05, 0) is 18.1 Å². The second-order valence-corrected chi connectivity index (χ2v) is 5.63. The Morgan fingerprint density at radius 3 is 2.95 bits per heavy atom. The molecule has 1 N–H and O–H groups in total. The summed E-state index contributed by atoms with van der Waals surface area (Å²) < 4.78 is 1.50. The van der Waals surface area contributed by atoms with Crippen LogP contribution in [0.5, 0.6) is 0 Å². The summed E-state index contributed by atoms with van der Waals surface area (Å²) in [5.41, 5.74) is 1.18. The number of nitrogens with zero attached hydrogens (tertiary/aromatic N) is 3. The zero-order valence-electron chi connectivity index (χ0n) is 11.8. The largest absolute Gasteiger partial charge is 0.481 e. The molecular weight excluding hydrogens is 270 g/mol. The molecule has 110 valence electrons. The molecule has 1 aliphatic heterocycles. The molecule has 3 heterocycles. The van der Waals surface area contributed by atoms with Gasteiger partial charge >= 0.3 is 5.97 Å². The molecule has 1 fully saturated rings. The Kier molecular flexibility index (Phi) is 3.47. The number of hydrogen-bond donors (Lipinski definition) is 1. The van der Waals surface area contributed by atoms with E-state index in [2.05, 4.69) is 4.98 Å². The van der Waals surface area contributed by atoms with E-state index in [9.17, 15) is 9.59 Å². The Hall–Kier alpha value is -2.21. The van der Waals surface area contributed by atoms with Crippen LogP contribution in [0.4, 0.5) is 0 Å². The van der Waals surface area contributed by atoms with Gasteiger partial charge in [0.1, 0.15) is 5.65 Å². The van der Waals surface area contributed by atoms with E-state index in [0.29, 0.717) is 31.0 Å². The minimum absolute atomic E-state index is 0.113. The van der Waals surface area contributed by atoms with Crippen molar-refractivity contribution in [2.45, 2.75) is 13.5 Å². The minimum atomic E-state index is -0.753. The van der Waals surface area contributed by atoms with E-state index >= 15 is 0 Å². The summed E-state index contributed by atoms with van der Waals surface area (Å²) in [6.07, 6.45) is 1.69. The molecule has 0 unspecified atom stereocenters. The lowest BCUT2D eigenvalue weighted by atomic mass is 9.99. The van der Waals surface area contributed by atoms with Crippen molar-refractivity contribution in [1.29, 1.82) is 0 Å². The number of aromatic nitrogens is 2. The summed E-state index contributed by atoms with van der Waals surface area (Å²) in [6, 6.07) is 6.93. The first-order valence-corrected chi connectivity index (χ1v) is 6.97. The van der Waals surface area contributed by atoms with Crippen LogP contribution in [-0.2, 0) is 11.3 Å². The second-order valence-electron chi connectivity index (χ2n) is 5.63. The minimum Gasteiger partial charge on any atom is -0.481 e. The molecule has 0 saturated carbocycles. The summed E-state index contributed by atoms with van der Waals surface area (Å²) in [6.45, 7) is 3.68. The SMILES string of the molecule is C[C@@H]1CN(Cc2cc(=O)n3ccccc3n2)C[C@H]1C(=O)O. The van der Waals surface area contributed by atoms with E-state index in [4.69, 9.17) is 5.11 Å². The molecule has 6 heteroatoms. The average Bonchev–Trinajstić information content (AvgIpc) is 2.80. The van der Waals surface area contributed by atoms with Crippen LogP contribution in [0.15, 0.2) is 35.3 Å². The van der Waals surface area contributed by atoms with E-state index < -0.39 is 5.97 Å². The summed E-state index contributed by atoms with van der Waals surface area (Å²) in [7, 11) is 0. The van der Waals surface area contributed by atoms with Gasteiger partial charge in [-0.1, -0.05) is 13.0 Å². The normalized spacial score (nSPS) is 22.7. The molecule has 0 bridgehead atoms. The van der Waals surface area contributed by atoms with Gasteiger partial charge < -0.3 is 5.11 Å². The molecule has 0 amide bonds. The number of aliphatic carboxylic acids is 1. The van der Waals surface area contributed by atoms with Crippen molar-refractivity contribution in [1.82, 2.24) is 14.3 Å². The van der Waals surface area contributed by atoms with Gasteiger partial charge in [-0.25, -0.2) is 4.98 Å². The van der Waals surface area contributed by atoms with Crippen molar-refractivity contribution in [2.24, 2.45) is 11.8 Å². The highest BCUT2D eigenvalue weighted by Crippen LogP contribution is 2.24. The number of carboxylic acid groups (broad SMARTS) is 1. The Balaban J connectivity index is 1.83. The topological polar surface area (TPSA) is 74.9 Å². The van der Waals surface area contributed by atoms with Crippen molar-refractivity contribution < 1.29 is 9.90 Å². The van der Waals surface area contributed by atoms with Crippen molar-refractivity contribution >= 4 is 11.6 Å². The number of carbonyl (C=O) groups is 1. The van der Waals surface area contributed by atoms with Crippen LogP contribution in [0.2, 0.25) is 0 Å². The molecule has 1 aliphatic rings. The van der Waals surface area contributed by atoms with E-state index in [-0.39, 0.29) is 17.4 Å². The predicted molar refractivity (Wildman–Crippen MR) is 77.0 cm³/mol. The van der Waals surface area contributed by atoms with Gasteiger partial charge in [0, 0.05) is 31.9 Å². The maximum atomic E-state index is 12.0. The quantitative estimate of drug-likeness (QED) is 0.905. The predicted octanol–water partition coefficient (Wildman–Crippen LogP) is 0.847. The molecular formula is C15H17N3O3. The Bertz CT molecular complexity index is 740. The van der Waals surface area contributed by atoms with E-state index in [1.54, 1.807) is 18.3 Å². The fourth-order valence-electron chi connectivity index (χ4n) is 2.93. The van der Waals surface area contributed by atoms with Crippen molar-refractivity contribution in [3.8, 4) is 0 Å². The van der Waals surface area contributed by atoms with Gasteiger partial charge in [-0.2, -0.15) is 0 Å². The fraction of sp³-hybridized carbons (Fsp3) is 0.400. The maximum Gasteiger partial charge on any atom is 0.308 e. The van der Waals surface area contributed by atoms with Gasteiger partial charge in [0.05, 0.1) is 11.6 Å². The zero-order chi connectivity index (χ0) is 15.0. The third-order valence-electron chi connectivity index (χ3n) is 4.01. The number of fused-ring (bicyclic) bond motifs is 1. The molecule has 0 radical (unpaired) electrons. The van der Waals surface area contributed by atoms with Gasteiger partial charge in [-0.15, -0.1) is 0 Å². The summed E-state index contributed by atoms with van der Waals surface area (Å²) in [5.74, 6) is -0.979. The van der Waals surface area contributed by atoms with E-state index in [1.165, 1.54) is 10.5 Å². The van der Waals surface area contributed by atoms with Gasteiger partial charge in [0.2, 0.25) is 0 Å². The number of carboxylic acids is 1. The standard InChI is InChI=1S/C15H17N3O3/c1-10-7-17(9-12(10)15(20)21)8-11-6-14(19)18-5-3-2-4-13(18)16-11/h2-6,10,12H,7-9H2,1H3,(H,20,21)/t10-,12-/m1/s1. The Morgan fingerprint density at radius 1 is 1.43 bits per heavy atom. The number of pyridine rings is 1. The van der Waals surface area contributed by atoms with Crippen LogP contribution < -0.4 is 5.56 Å². The lowest BCUT2D eigenvalue weighted by Gasteiger charge is -2.14. The third-order valence-corrected chi connectivity index (χ3v) is 4.01. The Morgan fingerprint density at radius 2 is 2.24 bits per heavy atom. The summed E-state index contributed by atoms with van der Waals surface area (Å²) in [4.78, 5) is 29.7. The van der Waals surface area contributed by atoms with Crippen LogP contribution >= 0.6 is 0 Å². The molecule has 6 nitrogen and oxygen atoms in total. The van der Waals surface area contributed by atoms with Crippen molar-refractivity contribution in [2.75, 3.05) is 13.1 Å². The van der Waals surface area contributed by atoms with Crippen molar-refractivity contribution in [3.63, 3.8) is 0 Å². The first kappa shape index (κ1) is 13.8. The highest BCUT2D eigenvalue weighted by atomic mass is 16.4. The first-order chi connectivity index (χ1) is 10.0. The highest BCUT2D eigenvalue weighted by Gasteiger charge is 2.34. The molecule has 2 aromatic rings. The fourth-order valence-corrected chi connectivity index (χ4v) is 2.93. The van der Waals surface area contributed by atoms with Gasteiger partial charge in [0.15, 0.2) is 0 Å². The molecule has 0 aromatic carbocycles. The van der Waals surface area contributed by atoms with E-state index in [0.717, 1.165) is 0 Å². The van der Waals surface area contributed by atoms with Crippen LogP contribution in [0, 0.1) is 11.8 Å².